The van der Waals surface area contributed by atoms with Crippen molar-refractivity contribution in [1.82, 2.24) is 9.88 Å². The minimum absolute atomic E-state index is 0.558. The van der Waals surface area contributed by atoms with Crippen LogP contribution in [-0.4, -0.2) is 36.6 Å². The average Bonchev–Trinajstić information content (AvgIpc) is 2.72. The molecule has 0 spiro atoms. The fourth-order valence-corrected chi connectivity index (χ4v) is 4.09. The maximum atomic E-state index is 5.66. The van der Waals surface area contributed by atoms with E-state index >= 15 is 0 Å². The van der Waals surface area contributed by atoms with Crippen LogP contribution >= 0.6 is 11.3 Å². The molecule has 4 heteroatoms. The molecule has 0 bridgehead atoms. The summed E-state index contributed by atoms with van der Waals surface area (Å²) < 4.78 is 0. The van der Waals surface area contributed by atoms with Gasteiger partial charge in [-0.05, 0) is 52.2 Å². The highest BCUT2D eigenvalue weighted by Crippen LogP contribution is 2.35. The van der Waals surface area contributed by atoms with Gasteiger partial charge in [-0.25, -0.2) is 4.98 Å². The molecule has 0 saturated carbocycles. The van der Waals surface area contributed by atoms with Crippen molar-refractivity contribution in [2.45, 2.75) is 44.9 Å². The Kier molecular flexibility index (Phi) is 4.76. The van der Waals surface area contributed by atoms with Crippen LogP contribution in [0.25, 0.3) is 0 Å². The van der Waals surface area contributed by atoms with Crippen molar-refractivity contribution in [3.05, 3.63) is 15.6 Å². The lowest BCUT2D eigenvalue weighted by atomic mass is 9.99. The number of hydrogen-bond donors (Lipinski definition) is 1. The summed E-state index contributed by atoms with van der Waals surface area (Å²) in [5.74, 6) is 1.20. The summed E-state index contributed by atoms with van der Waals surface area (Å²) in [4.78, 5) is 8.70. The van der Waals surface area contributed by atoms with Gasteiger partial charge in [0.25, 0.3) is 0 Å². The molecule has 1 aromatic rings. The van der Waals surface area contributed by atoms with E-state index in [1.165, 1.54) is 35.0 Å². The molecule has 1 aromatic heterocycles. The van der Waals surface area contributed by atoms with E-state index in [-0.39, 0.29) is 0 Å². The predicted octanol–water partition coefficient (Wildman–Crippen LogP) is 2.71. The van der Waals surface area contributed by atoms with E-state index in [0.717, 1.165) is 19.5 Å². The molecular weight excluding hydrogens is 242 g/mol. The number of hydrogen-bond acceptors (Lipinski definition) is 4. The van der Waals surface area contributed by atoms with Crippen LogP contribution in [0.2, 0.25) is 0 Å². The summed E-state index contributed by atoms with van der Waals surface area (Å²) in [6.07, 6.45) is 3.66. The third-order valence-corrected chi connectivity index (χ3v) is 5.42. The Hall–Kier alpha value is -0.450. The number of aryl methyl sites for hydroxylation is 1. The molecule has 2 unspecified atom stereocenters. The van der Waals surface area contributed by atoms with Crippen LogP contribution in [0.4, 0.5) is 0 Å². The molecule has 18 heavy (non-hydrogen) atoms. The van der Waals surface area contributed by atoms with E-state index in [0.29, 0.717) is 11.8 Å². The van der Waals surface area contributed by atoms with Gasteiger partial charge >= 0.3 is 0 Å². The third kappa shape index (κ3) is 3.11. The lowest BCUT2D eigenvalue weighted by molar-refractivity contribution is 0.250. The molecule has 0 amide bonds. The lowest BCUT2D eigenvalue weighted by Crippen LogP contribution is -2.30. The lowest BCUT2D eigenvalue weighted by Gasteiger charge is -2.28. The first-order chi connectivity index (χ1) is 8.61. The van der Waals surface area contributed by atoms with E-state index < -0.39 is 0 Å². The normalized spacial score (nSPS) is 23.2. The molecule has 0 aromatic carbocycles. The molecule has 2 N–H and O–H groups in total. The van der Waals surface area contributed by atoms with Gasteiger partial charge in [0.05, 0.1) is 10.7 Å². The molecule has 1 fully saturated rings. The molecule has 1 saturated heterocycles. The summed E-state index contributed by atoms with van der Waals surface area (Å²) in [7, 11) is 2.21. The van der Waals surface area contributed by atoms with Gasteiger partial charge in [0, 0.05) is 17.3 Å². The van der Waals surface area contributed by atoms with Crippen LogP contribution in [0.5, 0.6) is 0 Å². The zero-order valence-corrected chi connectivity index (χ0v) is 12.6. The minimum atomic E-state index is 0.558. The smallest absolute Gasteiger partial charge is 0.0974 e. The Balaban J connectivity index is 2.12. The van der Waals surface area contributed by atoms with Crippen LogP contribution in [0, 0.1) is 6.92 Å². The van der Waals surface area contributed by atoms with Crippen LogP contribution in [0.15, 0.2) is 0 Å². The highest BCUT2D eigenvalue weighted by molar-refractivity contribution is 7.12. The number of nitrogens with zero attached hydrogens (tertiary/aromatic N) is 2. The second-order valence-corrected chi connectivity index (χ2v) is 6.64. The Morgan fingerprint density at radius 2 is 2.33 bits per heavy atom. The van der Waals surface area contributed by atoms with Crippen molar-refractivity contribution in [1.29, 1.82) is 0 Å². The maximum Gasteiger partial charge on any atom is 0.0974 e. The highest BCUT2D eigenvalue weighted by Gasteiger charge is 2.23. The van der Waals surface area contributed by atoms with Gasteiger partial charge < -0.3 is 10.6 Å². The number of likely N-dealkylation sites (tertiary alicyclic amines) is 1. The molecule has 2 heterocycles. The number of thiazole rings is 1. The number of aromatic nitrogens is 1. The van der Waals surface area contributed by atoms with Gasteiger partial charge in [-0.3, -0.25) is 0 Å². The minimum Gasteiger partial charge on any atom is -0.330 e. The summed E-state index contributed by atoms with van der Waals surface area (Å²) in [5, 5.41) is 1.35. The molecule has 0 radical (unpaired) electrons. The largest absolute Gasteiger partial charge is 0.330 e. The summed E-state index contributed by atoms with van der Waals surface area (Å²) >= 11 is 1.92. The third-order valence-electron chi connectivity index (χ3n) is 3.87. The van der Waals surface area contributed by atoms with Gasteiger partial charge in [-0.2, -0.15) is 0 Å². The van der Waals surface area contributed by atoms with Crippen LogP contribution in [-0.2, 0) is 0 Å². The zero-order valence-electron chi connectivity index (χ0n) is 11.8. The molecule has 1 aliphatic heterocycles. The first-order valence-corrected chi connectivity index (χ1v) is 7.79. The van der Waals surface area contributed by atoms with Crippen molar-refractivity contribution in [3.63, 3.8) is 0 Å². The van der Waals surface area contributed by atoms with Crippen LogP contribution in [0.3, 0.4) is 0 Å². The van der Waals surface area contributed by atoms with Crippen molar-refractivity contribution in [2.24, 2.45) is 5.73 Å². The summed E-state index contributed by atoms with van der Waals surface area (Å²) in [6.45, 7) is 7.58. The Bertz CT molecular complexity index is 388. The Morgan fingerprint density at radius 1 is 1.56 bits per heavy atom. The Labute approximate surface area is 114 Å². The molecule has 2 atom stereocenters. The number of nitrogens with two attached hydrogens (primary N) is 1. The highest BCUT2D eigenvalue weighted by atomic mass is 32.1. The standard InChI is InChI=1S/C14H25N3S/c1-10(6-7-15)13-11(2)16-14(18-13)12-5-4-8-17(3)9-12/h10,12H,4-9,15H2,1-3H3. The quantitative estimate of drug-likeness (QED) is 0.912. The van der Waals surface area contributed by atoms with Crippen LogP contribution in [0.1, 0.15) is 53.6 Å². The van der Waals surface area contributed by atoms with Crippen molar-refractivity contribution in [3.8, 4) is 0 Å². The molecule has 102 valence electrons. The number of likely N-dealkylation sites (N-methyl/N-ethyl adjacent to an activating group) is 1. The molecule has 2 rings (SSSR count). The molecule has 1 aliphatic rings. The number of piperidine rings is 1. The van der Waals surface area contributed by atoms with Gasteiger partial charge in [0.2, 0.25) is 0 Å². The average molecular weight is 267 g/mol. The van der Waals surface area contributed by atoms with Crippen molar-refractivity contribution >= 4 is 11.3 Å². The maximum absolute atomic E-state index is 5.66. The fourth-order valence-electron chi connectivity index (χ4n) is 2.81. The van der Waals surface area contributed by atoms with Gasteiger partial charge in [-0.15, -0.1) is 11.3 Å². The van der Waals surface area contributed by atoms with Gasteiger partial charge in [0.15, 0.2) is 0 Å². The second kappa shape index (κ2) is 6.13. The van der Waals surface area contributed by atoms with E-state index in [1.807, 2.05) is 11.3 Å². The van der Waals surface area contributed by atoms with Gasteiger partial charge in [-0.1, -0.05) is 6.92 Å². The zero-order chi connectivity index (χ0) is 13.1. The first-order valence-electron chi connectivity index (χ1n) is 6.97. The topological polar surface area (TPSA) is 42.2 Å². The molecule has 3 nitrogen and oxygen atoms in total. The predicted molar refractivity (Wildman–Crippen MR) is 78.4 cm³/mol. The van der Waals surface area contributed by atoms with Gasteiger partial charge in [0.1, 0.15) is 0 Å². The second-order valence-electron chi connectivity index (χ2n) is 5.58. The summed E-state index contributed by atoms with van der Waals surface area (Å²) in [5.41, 5.74) is 6.89. The Morgan fingerprint density at radius 3 is 3.00 bits per heavy atom. The van der Waals surface area contributed by atoms with Crippen LogP contribution < -0.4 is 5.73 Å². The van der Waals surface area contributed by atoms with E-state index in [9.17, 15) is 0 Å². The molecular formula is C14H25N3S. The summed E-state index contributed by atoms with van der Waals surface area (Å²) in [6, 6.07) is 0. The number of rotatable bonds is 4. The fraction of sp³-hybridized carbons (Fsp3) is 0.786. The SMILES string of the molecule is Cc1nc(C2CCCN(C)C2)sc1C(C)CCN. The van der Waals surface area contributed by atoms with E-state index in [4.69, 9.17) is 10.7 Å². The van der Waals surface area contributed by atoms with Crippen molar-refractivity contribution in [2.75, 3.05) is 26.7 Å². The van der Waals surface area contributed by atoms with Crippen molar-refractivity contribution < 1.29 is 0 Å². The van der Waals surface area contributed by atoms with E-state index in [2.05, 4.69) is 25.8 Å². The van der Waals surface area contributed by atoms with E-state index in [1.54, 1.807) is 0 Å². The molecule has 0 aliphatic carbocycles. The first kappa shape index (κ1) is 14.0. The monoisotopic (exact) mass is 267 g/mol.